The van der Waals surface area contributed by atoms with E-state index >= 15 is 0 Å². The zero-order valence-corrected chi connectivity index (χ0v) is 10.9. The third-order valence-corrected chi connectivity index (χ3v) is 2.79. The fourth-order valence-electron chi connectivity index (χ4n) is 1.83. The highest BCUT2D eigenvalue weighted by Crippen LogP contribution is 2.22. The number of hydrogen-bond acceptors (Lipinski definition) is 5. The molecule has 0 fully saturated rings. The predicted octanol–water partition coefficient (Wildman–Crippen LogP) is 2.35. The van der Waals surface area contributed by atoms with Gasteiger partial charge in [0.1, 0.15) is 12.0 Å². The zero-order chi connectivity index (χ0) is 13.8. The predicted molar refractivity (Wildman–Crippen MR) is 70.0 cm³/mol. The van der Waals surface area contributed by atoms with Crippen LogP contribution in [-0.4, -0.2) is 20.7 Å². The van der Waals surface area contributed by atoms with Gasteiger partial charge in [-0.3, -0.25) is 14.8 Å². The molecule has 1 unspecified atom stereocenters. The molecular weight excluding hydrogens is 248 g/mol. The van der Waals surface area contributed by atoms with Crippen LogP contribution in [0.2, 0.25) is 0 Å². The lowest BCUT2D eigenvalue weighted by atomic mass is 10.1. The minimum absolute atomic E-state index is 0.00708. The van der Waals surface area contributed by atoms with Crippen molar-refractivity contribution < 1.29 is 9.34 Å². The van der Waals surface area contributed by atoms with Crippen molar-refractivity contribution in [2.45, 2.75) is 25.8 Å². The first-order chi connectivity index (χ1) is 9.06. The monoisotopic (exact) mass is 264 g/mol. The van der Waals surface area contributed by atoms with Gasteiger partial charge in [0.2, 0.25) is 5.82 Å². The van der Waals surface area contributed by atoms with E-state index in [-0.39, 0.29) is 11.7 Å². The highest BCUT2D eigenvalue weighted by Gasteiger charge is 2.19. The van der Waals surface area contributed by atoms with E-state index in [9.17, 15) is 10.1 Å². The molecule has 7 nitrogen and oxygen atoms in total. The highest BCUT2D eigenvalue weighted by atomic mass is 16.6. The molecule has 2 rings (SSSR count). The Morgan fingerprint density at radius 3 is 3.05 bits per heavy atom. The number of nitrogens with zero attached hydrogens (tertiary/aromatic N) is 3. The molecule has 0 aromatic carbocycles. The fraction of sp³-hybridized carbons (Fsp3) is 0.417. The zero-order valence-electron chi connectivity index (χ0n) is 10.9. The molecule has 2 aromatic heterocycles. The first-order valence-corrected chi connectivity index (χ1v) is 6.03. The average Bonchev–Trinajstić information content (AvgIpc) is 2.96. The SMILES string of the molecule is CC(CCc1ccco1)Nc1nn(C)cc1[N+](=O)[O-]. The summed E-state index contributed by atoms with van der Waals surface area (Å²) in [6.07, 6.45) is 4.61. The van der Waals surface area contributed by atoms with E-state index in [0.717, 1.165) is 18.6 Å². The first kappa shape index (κ1) is 13.1. The van der Waals surface area contributed by atoms with Crippen molar-refractivity contribution in [2.75, 3.05) is 5.32 Å². The van der Waals surface area contributed by atoms with Gasteiger partial charge in [-0.25, -0.2) is 0 Å². The van der Waals surface area contributed by atoms with Crippen LogP contribution in [0.3, 0.4) is 0 Å². The molecule has 0 saturated carbocycles. The van der Waals surface area contributed by atoms with Crippen molar-refractivity contribution in [3.63, 3.8) is 0 Å². The van der Waals surface area contributed by atoms with Crippen molar-refractivity contribution in [1.82, 2.24) is 9.78 Å². The van der Waals surface area contributed by atoms with Crippen LogP contribution in [0.4, 0.5) is 11.5 Å². The maximum Gasteiger partial charge on any atom is 0.330 e. The van der Waals surface area contributed by atoms with Gasteiger partial charge in [-0.1, -0.05) is 0 Å². The van der Waals surface area contributed by atoms with E-state index in [4.69, 9.17) is 4.42 Å². The Bertz CT molecular complexity index is 547. The third kappa shape index (κ3) is 3.34. The molecule has 0 bridgehead atoms. The number of aromatic nitrogens is 2. The van der Waals surface area contributed by atoms with Crippen LogP contribution in [0.5, 0.6) is 0 Å². The topological polar surface area (TPSA) is 86.1 Å². The molecule has 102 valence electrons. The molecule has 0 aliphatic rings. The summed E-state index contributed by atoms with van der Waals surface area (Å²) < 4.78 is 6.67. The van der Waals surface area contributed by atoms with E-state index in [0.29, 0.717) is 5.82 Å². The van der Waals surface area contributed by atoms with E-state index in [1.807, 2.05) is 19.1 Å². The Morgan fingerprint density at radius 1 is 1.63 bits per heavy atom. The normalized spacial score (nSPS) is 12.3. The van der Waals surface area contributed by atoms with Gasteiger partial charge >= 0.3 is 5.69 Å². The van der Waals surface area contributed by atoms with Crippen molar-refractivity contribution in [2.24, 2.45) is 7.05 Å². The summed E-state index contributed by atoms with van der Waals surface area (Å²) in [5, 5.41) is 18.0. The van der Waals surface area contributed by atoms with Gasteiger partial charge in [0.15, 0.2) is 0 Å². The second-order valence-electron chi connectivity index (χ2n) is 4.46. The molecule has 0 aliphatic heterocycles. The minimum atomic E-state index is -0.436. The van der Waals surface area contributed by atoms with E-state index in [1.165, 1.54) is 10.9 Å². The fourth-order valence-corrected chi connectivity index (χ4v) is 1.83. The molecule has 19 heavy (non-hydrogen) atoms. The Balaban J connectivity index is 1.94. The van der Waals surface area contributed by atoms with Gasteiger partial charge in [0.25, 0.3) is 0 Å². The largest absolute Gasteiger partial charge is 0.469 e. The number of nitrogens with one attached hydrogen (secondary N) is 1. The summed E-state index contributed by atoms with van der Waals surface area (Å²) in [6.45, 7) is 1.96. The number of hydrogen-bond donors (Lipinski definition) is 1. The van der Waals surface area contributed by atoms with Crippen molar-refractivity contribution in [1.29, 1.82) is 0 Å². The maximum atomic E-state index is 10.9. The van der Waals surface area contributed by atoms with Gasteiger partial charge in [-0.05, 0) is 25.5 Å². The number of rotatable bonds is 6. The molecule has 2 aromatic rings. The summed E-state index contributed by atoms with van der Waals surface area (Å²) in [4.78, 5) is 10.4. The lowest BCUT2D eigenvalue weighted by Crippen LogP contribution is -2.17. The Morgan fingerprint density at radius 2 is 2.42 bits per heavy atom. The van der Waals surface area contributed by atoms with Crippen LogP contribution in [0.1, 0.15) is 19.1 Å². The van der Waals surface area contributed by atoms with Crippen LogP contribution in [0.15, 0.2) is 29.0 Å². The molecule has 0 aliphatic carbocycles. The lowest BCUT2D eigenvalue weighted by Gasteiger charge is -2.11. The highest BCUT2D eigenvalue weighted by molar-refractivity contribution is 5.54. The van der Waals surface area contributed by atoms with Gasteiger partial charge in [0.05, 0.1) is 11.2 Å². The summed E-state index contributed by atoms with van der Waals surface area (Å²) in [7, 11) is 1.66. The van der Waals surface area contributed by atoms with Gasteiger partial charge in [-0.2, -0.15) is 0 Å². The van der Waals surface area contributed by atoms with Crippen LogP contribution in [0, 0.1) is 10.1 Å². The summed E-state index contributed by atoms with van der Waals surface area (Å²) in [5.74, 6) is 1.21. The van der Waals surface area contributed by atoms with Gasteiger partial charge in [0, 0.05) is 19.5 Å². The van der Waals surface area contributed by atoms with Crippen LogP contribution in [0.25, 0.3) is 0 Å². The number of aryl methyl sites for hydroxylation is 2. The smallest absolute Gasteiger partial charge is 0.330 e. The average molecular weight is 264 g/mol. The van der Waals surface area contributed by atoms with Crippen molar-refractivity contribution in [3.8, 4) is 0 Å². The summed E-state index contributed by atoms with van der Waals surface area (Å²) in [6, 6.07) is 3.83. The van der Waals surface area contributed by atoms with Gasteiger partial charge < -0.3 is 9.73 Å². The van der Waals surface area contributed by atoms with E-state index in [2.05, 4.69) is 10.4 Å². The van der Waals surface area contributed by atoms with Crippen LogP contribution < -0.4 is 5.32 Å². The van der Waals surface area contributed by atoms with E-state index in [1.54, 1.807) is 13.3 Å². The molecule has 0 saturated heterocycles. The Labute approximate surface area is 110 Å². The molecule has 0 spiro atoms. The second-order valence-corrected chi connectivity index (χ2v) is 4.46. The molecule has 2 heterocycles. The number of anilines is 1. The number of nitro groups is 1. The molecule has 1 atom stereocenters. The van der Waals surface area contributed by atoms with Crippen molar-refractivity contribution >= 4 is 11.5 Å². The Kier molecular flexibility index (Phi) is 3.84. The van der Waals surface area contributed by atoms with E-state index < -0.39 is 4.92 Å². The lowest BCUT2D eigenvalue weighted by molar-refractivity contribution is -0.384. The second kappa shape index (κ2) is 5.55. The molecule has 7 heteroatoms. The number of furan rings is 1. The van der Waals surface area contributed by atoms with Crippen molar-refractivity contribution in [3.05, 3.63) is 40.5 Å². The van der Waals surface area contributed by atoms with Crippen LogP contribution in [-0.2, 0) is 13.5 Å². The van der Waals surface area contributed by atoms with Gasteiger partial charge in [-0.15, -0.1) is 5.10 Å². The maximum absolute atomic E-state index is 10.9. The summed E-state index contributed by atoms with van der Waals surface area (Å²) in [5.41, 5.74) is -0.00708. The third-order valence-electron chi connectivity index (χ3n) is 2.79. The molecule has 0 radical (unpaired) electrons. The molecule has 0 amide bonds. The Hall–Kier alpha value is -2.31. The first-order valence-electron chi connectivity index (χ1n) is 6.03. The quantitative estimate of drug-likeness (QED) is 0.639. The standard InChI is InChI=1S/C12H16N4O3/c1-9(5-6-10-4-3-7-19-10)13-12-11(16(17)18)8-15(2)14-12/h3-4,7-9H,5-6H2,1-2H3,(H,13,14). The van der Waals surface area contributed by atoms with Crippen LogP contribution >= 0.6 is 0 Å². The molecular formula is C12H16N4O3. The summed E-state index contributed by atoms with van der Waals surface area (Å²) >= 11 is 0. The molecule has 1 N–H and O–H groups in total. The minimum Gasteiger partial charge on any atom is -0.469 e.